The summed E-state index contributed by atoms with van der Waals surface area (Å²) < 4.78 is 0. The topological polar surface area (TPSA) is 24.1 Å². The van der Waals surface area contributed by atoms with E-state index < -0.39 is 0 Å². The summed E-state index contributed by atoms with van der Waals surface area (Å²) in [5.74, 6) is 0. The minimum atomic E-state index is 1.15. The zero-order valence-corrected chi connectivity index (χ0v) is 11.5. The maximum Gasteiger partial charge on any atom is -0.00484 e. The standard InChI is InChI=1S/C14H32N2/c1-3-4-5-6-7-8-9-13-16-14-11-10-12-15-2/h15-16H,3-14H2,1-2H3. The van der Waals surface area contributed by atoms with Gasteiger partial charge in [-0.05, 0) is 45.9 Å². The third kappa shape index (κ3) is 13.9. The second kappa shape index (κ2) is 14.9. The Morgan fingerprint density at radius 3 is 1.75 bits per heavy atom. The van der Waals surface area contributed by atoms with Gasteiger partial charge in [0.15, 0.2) is 0 Å². The predicted octanol–water partition coefficient (Wildman–Crippen LogP) is 3.33. The Morgan fingerprint density at radius 1 is 0.625 bits per heavy atom. The molecule has 0 aromatic rings. The van der Waals surface area contributed by atoms with E-state index >= 15 is 0 Å². The monoisotopic (exact) mass is 228 g/mol. The molecule has 0 aliphatic carbocycles. The van der Waals surface area contributed by atoms with Crippen molar-refractivity contribution >= 4 is 0 Å². The van der Waals surface area contributed by atoms with Crippen molar-refractivity contribution in [2.75, 3.05) is 26.7 Å². The molecule has 0 aliphatic heterocycles. The smallest absolute Gasteiger partial charge is 0.00484 e. The molecule has 0 aromatic carbocycles. The average molecular weight is 228 g/mol. The molecule has 0 atom stereocenters. The van der Waals surface area contributed by atoms with Crippen molar-refractivity contribution in [3.05, 3.63) is 0 Å². The SMILES string of the molecule is CCCCCCCCCNCCCCNC. The molecule has 0 fully saturated rings. The third-order valence-corrected chi connectivity index (χ3v) is 2.99. The highest BCUT2D eigenvalue weighted by Gasteiger charge is 1.91. The van der Waals surface area contributed by atoms with Gasteiger partial charge in [0.1, 0.15) is 0 Å². The molecule has 0 aromatic heterocycles. The van der Waals surface area contributed by atoms with Crippen LogP contribution in [0.15, 0.2) is 0 Å². The van der Waals surface area contributed by atoms with Gasteiger partial charge in [-0.25, -0.2) is 0 Å². The Balaban J connectivity index is 2.83. The van der Waals surface area contributed by atoms with Gasteiger partial charge in [0.2, 0.25) is 0 Å². The van der Waals surface area contributed by atoms with Crippen molar-refractivity contribution < 1.29 is 0 Å². The second-order valence-corrected chi connectivity index (χ2v) is 4.68. The average Bonchev–Trinajstić information content (AvgIpc) is 2.31. The van der Waals surface area contributed by atoms with Gasteiger partial charge < -0.3 is 10.6 Å². The summed E-state index contributed by atoms with van der Waals surface area (Å²) in [4.78, 5) is 0. The van der Waals surface area contributed by atoms with E-state index in [1.807, 2.05) is 7.05 Å². The lowest BCUT2D eigenvalue weighted by Gasteiger charge is -2.04. The Labute approximate surface area is 103 Å². The highest BCUT2D eigenvalue weighted by molar-refractivity contribution is 4.51. The Hall–Kier alpha value is -0.0800. The minimum absolute atomic E-state index is 1.15. The summed E-state index contributed by atoms with van der Waals surface area (Å²) in [5.41, 5.74) is 0. The number of hydrogen-bond donors (Lipinski definition) is 2. The summed E-state index contributed by atoms with van der Waals surface area (Å²) in [6.45, 7) is 5.84. The van der Waals surface area contributed by atoms with Crippen molar-refractivity contribution in [2.24, 2.45) is 0 Å². The van der Waals surface area contributed by atoms with Crippen LogP contribution >= 0.6 is 0 Å². The molecule has 0 radical (unpaired) electrons. The van der Waals surface area contributed by atoms with Gasteiger partial charge in [-0.1, -0.05) is 45.4 Å². The number of hydrogen-bond acceptors (Lipinski definition) is 2. The molecule has 0 saturated carbocycles. The molecule has 0 spiro atoms. The van der Waals surface area contributed by atoms with Crippen LogP contribution in [0.5, 0.6) is 0 Å². The highest BCUT2D eigenvalue weighted by Crippen LogP contribution is 2.06. The summed E-state index contributed by atoms with van der Waals surface area (Å²) in [7, 11) is 2.02. The molecular formula is C14H32N2. The lowest BCUT2D eigenvalue weighted by Crippen LogP contribution is -2.18. The van der Waals surface area contributed by atoms with E-state index in [-0.39, 0.29) is 0 Å². The number of unbranched alkanes of at least 4 members (excludes halogenated alkanes) is 7. The van der Waals surface area contributed by atoms with Crippen LogP contribution in [0.2, 0.25) is 0 Å². The van der Waals surface area contributed by atoms with Crippen molar-refractivity contribution in [1.82, 2.24) is 10.6 Å². The molecule has 2 nitrogen and oxygen atoms in total. The fourth-order valence-corrected chi connectivity index (χ4v) is 1.88. The molecule has 0 saturated heterocycles. The molecule has 0 heterocycles. The molecule has 98 valence electrons. The molecule has 0 amide bonds. The van der Waals surface area contributed by atoms with Gasteiger partial charge in [0.25, 0.3) is 0 Å². The fraction of sp³-hybridized carbons (Fsp3) is 1.00. The van der Waals surface area contributed by atoms with Crippen LogP contribution in [-0.4, -0.2) is 26.7 Å². The maximum absolute atomic E-state index is 3.52. The molecule has 0 rings (SSSR count). The van der Waals surface area contributed by atoms with E-state index in [9.17, 15) is 0 Å². The first-order chi connectivity index (χ1) is 7.91. The first-order valence-electron chi connectivity index (χ1n) is 7.27. The van der Waals surface area contributed by atoms with E-state index in [2.05, 4.69) is 17.6 Å². The van der Waals surface area contributed by atoms with E-state index in [4.69, 9.17) is 0 Å². The maximum atomic E-state index is 3.52. The van der Waals surface area contributed by atoms with Gasteiger partial charge >= 0.3 is 0 Å². The van der Waals surface area contributed by atoms with Gasteiger partial charge in [-0.2, -0.15) is 0 Å². The summed E-state index contributed by atoms with van der Waals surface area (Å²) in [6, 6.07) is 0. The molecule has 2 N–H and O–H groups in total. The van der Waals surface area contributed by atoms with Crippen molar-refractivity contribution in [2.45, 2.75) is 64.7 Å². The first-order valence-corrected chi connectivity index (χ1v) is 7.27. The van der Waals surface area contributed by atoms with Gasteiger partial charge in [-0.15, -0.1) is 0 Å². The van der Waals surface area contributed by atoms with Gasteiger partial charge in [-0.3, -0.25) is 0 Å². The second-order valence-electron chi connectivity index (χ2n) is 4.68. The van der Waals surface area contributed by atoms with Crippen LogP contribution in [0.4, 0.5) is 0 Å². The summed E-state index contributed by atoms with van der Waals surface area (Å²) >= 11 is 0. The van der Waals surface area contributed by atoms with Crippen LogP contribution in [0.1, 0.15) is 64.7 Å². The highest BCUT2D eigenvalue weighted by atomic mass is 14.8. The van der Waals surface area contributed by atoms with Gasteiger partial charge in [0.05, 0.1) is 0 Å². The summed E-state index contributed by atoms with van der Waals surface area (Å²) in [6.07, 6.45) is 12.5. The van der Waals surface area contributed by atoms with Gasteiger partial charge in [0, 0.05) is 0 Å². The lowest BCUT2D eigenvalue weighted by atomic mass is 10.1. The van der Waals surface area contributed by atoms with Crippen LogP contribution in [-0.2, 0) is 0 Å². The van der Waals surface area contributed by atoms with Crippen LogP contribution < -0.4 is 10.6 Å². The number of nitrogens with one attached hydrogen (secondary N) is 2. The van der Waals surface area contributed by atoms with E-state index in [0.29, 0.717) is 0 Å². The minimum Gasteiger partial charge on any atom is -0.320 e. The van der Waals surface area contributed by atoms with Crippen molar-refractivity contribution in [1.29, 1.82) is 0 Å². The lowest BCUT2D eigenvalue weighted by molar-refractivity contribution is 0.549. The molecule has 0 bridgehead atoms. The van der Waals surface area contributed by atoms with Crippen molar-refractivity contribution in [3.8, 4) is 0 Å². The zero-order chi connectivity index (χ0) is 11.9. The first kappa shape index (κ1) is 15.9. The fourth-order valence-electron chi connectivity index (χ4n) is 1.88. The van der Waals surface area contributed by atoms with Crippen LogP contribution in [0.3, 0.4) is 0 Å². The largest absolute Gasteiger partial charge is 0.320 e. The van der Waals surface area contributed by atoms with E-state index in [0.717, 1.165) is 6.54 Å². The van der Waals surface area contributed by atoms with E-state index in [1.165, 1.54) is 70.9 Å². The molecular weight excluding hydrogens is 196 g/mol. The van der Waals surface area contributed by atoms with Crippen LogP contribution in [0, 0.1) is 0 Å². The zero-order valence-electron chi connectivity index (χ0n) is 11.5. The normalized spacial score (nSPS) is 10.9. The Morgan fingerprint density at radius 2 is 1.12 bits per heavy atom. The quantitative estimate of drug-likeness (QED) is 0.473. The predicted molar refractivity (Wildman–Crippen MR) is 74.0 cm³/mol. The van der Waals surface area contributed by atoms with Crippen LogP contribution in [0.25, 0.3) is 0 Å². The van der Waals surface area contributed by atoms with Crippen molar-refractivity contribution in [3.63, 3.8) is 0 Å². The molecule has 0 aliphatic rings. The molecule has 2 heteroatoms. The molecule has 0 unspecified atom stereocenters. The number of rotatable bonds is 13. The Bertz CT molecular complexity index is 101. The molecule has 16 heavy (non-hydrogen) atoms. The summed E-state index contributed by atoms with van der Waals surface area (Å²) in [5, 5.41) is 6.69. The third-order valence-electron chi connectivity index (χ3n) is 2.99. The van der Waals surface area contributed by atoms with E-state index in [1.54, 1.807) is 0 Å². The Kier molecular flexibility index (Phi) is 14.8.